The third kappa shape index (κ3) is 4.48. The van der Waals surface area contributed by atoms with Gasteiger partial charge in [0.15, 0.2) is 0 Å². The molecule has 7 nitrogen and oxygen atoms in total. The number of methoxy groups -OCH3 is 1. The van der Waals surface area contributed by atoms with Gasteiger partial charge in [0.25, 0.3) is 10.2 Å². The highest BCUT2D eigenvalue weighted by atomic mass is 32.2. The van der Waals surface area contributed by atoms with E-state index in [1.165, 1.54) is 21.2 Å². The molecule has 0 aliphatic carbocycles. The molecule has 0 saturated heterocycles. The quantitative estimate of drug-likeness (QED) is 0.557. The van der Waals surface area contributed by atoms with E-state index in [1.54, 1.807) is 24.3 Å². The largest absolute Gasteiger partial charge is 0.468 e. The molecule has 0 bridgehead atoms. The summed E-state index contributed by atoms with van der Waals surface area (Å²) in [5, 5.41) is 0. The normalized spacial score (nSPS) is 13.2. The number of benzene rings is 1. The fraction of sp³-hybridized carbons (Fsp3) is 0.417. The van der Waals surface area contributed by atoms with E-state index in [9.17, 15) is 13.2 Å². The molecule has 0 heterocycles. The van der Waals surface area contributed by atoms with Gasteiger partial charge in [0.2, 0.25) is 0 Å². The number of anilines is 1. The lowest BCUT2D eigenvalue weighted by Crippen LogP contribution is -2.47. The lowest BCUT2D eigenvalue weighted by molar-refractivity contribution is -0.142. The van der Waals surface area contributed by atoms with Crippen LogP contribution < -0.4 is 10.5 Å². The third-order valence-electron chi connectivity index (χ3n) is 2.68. The Labute approximate surface area is 118 Å². The highest BCUT2D eigenvalue weighted by molar-refractivity contribution is 7.87. The summed E-state index contributed by atoms with van der Waals surface area (Å²) in [6, 6.07) is 5.84. The van der Waals surface area contributed by atoms with Crippen LogP contribution in [0.1, 0.15) is 5.56 Å². The average Bonchev–Trinajstić information content (AvgIpc) is 2.39. The second-order valence-corrected chi connectivity index (χ2v) is 6.34. The minimum absolute atomic E-state index is 0.181. The number of nitrogens with zero attached hydrogens (tertiary/aromatic N) is 1. The zero-order chi connectivity index (χ0) is 15.3. The number of esters is 1. The number of carbonyl (C=O) groups is 1. The first-order valence-electron chi connectivity index (χ1n) is 5.88. The van der Waals surface area contributed by atoms with Crippen LogP contribution in [0.4, 0.5) is 5.69 Å². The number of hydrogen-bond acceptors (Lipinski definition) is 5. The topological polar surface area (TPSA) is 102 Å². The van der Waals surface area contributed by atoms with E-state index in [-0.39, 0.29) is 6.42 Å². The maximum Gasteiger partial charge on any atom is 0.324 e. The van der Waals surface area contributed by atoms with Crippen molar-refractivity contribution in [1.29, 1.82) is 0 Å². The molecule has 0 saturated carbocycles. The number of nitrogen functional groups attached to an aromatic ring is 1. The van der Waals surface area contributed by atoms with Crippen molar-refractivity contribution in [3.8, 4) is 0 Å². The molecule has 1 aromatic carbocycles. The second kappa shape index (κ2) is 6.69. The number of ether oxygens (including phenoxy) is 1. The average molecular weight is 301 g/mol. The third-order valence-corrected chi connectivity index (χ3v) is 4.22. The molecule has 20 heavy (non-hydrogen) atoms. The zero-order valence-corrected chi connectivity index (χ0v) is 12.5. The molecule has 0 radical (unpaired) electrons. The Morgan fingerprint density at radius 3 is 2.35 bits per heavy atom. The van der Waals surface area contributed by atoms with Crippen LogP contribution in [0, 0.1) is 0 Å². The van der Waals surface area contributed by atoms with Crippen molar-refractivity contribution in [3.63, 3.8) is 0 Å². The number of nitrogens with one attached hydrogen (secondary N) is 1. The molecule has 112 valence electrons. The molecule has 0 aliphatic heterocycles. The molecular weight excluding hydrogens is 282 g/mol. The van der Waals surface area contributed by atoms with Gasteiger partial charge in [0.05, 0.1) is 7.11 Å². The van der Waals surface area contributed by atoms with Gasteiger partial charge < -0.3 is 10.5 Å². The number of carbonyl (C=O) groups excluding carboxylic acids is 1. The Hall–Kier alpha value is -1.64. The van der Waals surface area contributed by atoms with Crippen molar-refractivity contribution in [2.75, 3.05) is 26.9 Å². The summed E-state index contributed by atoms with van der Waals surface area (Å²) >= 11 is 0. The minimum atomic E-state index is -3.72. The maximum absolute atomic E-state index is 11.8. The maximum atomic E-state index is 11.8. The van der Waals surface area contributed by atoms with E-state index in [0.717, 1.165) is 9.87 Å². The molecular formula is C12H19N3O4S. The number of nitrogens with two attached hydrogens (primary N) is 1. The molecule has 0 amide bonds. The lowest BCUT2D eigenvalue weighted by atomic mass is 10.1. The molecule has 0 aromatic heterocycles. The first-order valence-corrected chi connectivity index (χ1v) is 7.32. The predicted molar refractivity (Wildman–Crippen MR) is 76.1 cm³/mol. The van der Waals surface area contributed by atoms with Crippen LogP contribution >= 0.6 is 0 Å². The molecule has 0 spiro atoms. The first-order chi connectivity index (χ1) is 9.26. The van der Waals surface area contributed by atoms with Gasteiger partial charge in [-0.25, -0.2) is 0 Å². The summed E-state index contributed by atoms with van der Waals surface area (Å²) in [4.78, 5) is 11.7. The fourth-order valence-electron chi connectivity index (χ4n) is 1.49. The van der Waals surface area contributed by atoms with E-state index >= 15 is 0 Å². The predicted octanol–water partition coefficient (Wildman–Crippen LogP) is -0.251. The molecule has 0 aliphatic rings. The van der Waals surface area contributed by atoms with Crippen molar-refractivity contribution in [1.82, 2.24) is 9.03 Å². The van der Waals surface area contributed by atoms with Crippen LogP contribution in [0.5, 0.6) is 0 Å². The highest BCUT2D eigenvalue weighted by Gasteiger charge is 2.26. The van der Waals surface area contributed by atoms with Crippen LogP contribution in [0.25, 0.3) is 0 Å². The van der Waals surface area contributed by atoms with Gasteiger partial charge in [0.1, 0.15) is 6.04 Å². The summed E-state index contributed by atoms with van der Waals surface area (Å²) < 4.78 is 31.5. The van der Waals surface area contributed by atoms with E-state index in [0.29, 0.717) is 5.69 Å². The van der Waals surface area contributed by atoms with Crippen LogP contribution in [0.3, 0.4) is 0 Å². The fourth-order valence-corrected chi connectivity index (χ4v) is 2.24. The van der Waals surface area contributed by atoms with Crippen LogP contribution in [-0.2, 0) is 26.2 Å². The molecule has 3 N–H and O–H groups in total. The molecule has 0 fully saturated rings. The lowest BCUT2D eigenvalue weighted by Gasteiger charge is -2.19. The summed E-state index contributed by atoms with van der Waals surface area (Å²) in [5.41, 5.74) is 6.94. The van der Waals surface area contributed by atoms with E-state index < -0.39 is 22.2 Å². The molecule has 1 atom stereocenters. The van der Waals surface area contributed by atoms with Crippen molar-refractivity contribution in [3.05, 3.63) is 29.8 Å². The standard InChI is InChI=1S/C12H19N3O4S/c1-15(2)20(17,18)14-11(12(16)19-3)8-9-4-6-10(13)7-5-9/h4-7,11,14H,8,13H2,1-3H3/t11-/m0/s1. The van der Waals surface area contributed by atoms with Gasteiger partial charge in [0, 0.05) is 19.8 Å². The Bertz CT molecular complexity index is 555. The Kier molecular flexibility index (Phi) is 5.49. The Morgan fingerprint density at radius 1 is 1.35 bits per heavy atom. The summed E-state index contributed by atoms with van der Waals surface area (Å²) in [7, 11) is 0.237. The SMILES string of the molecule is COC(=O)[C@H](Cc1ccc(N)cc1)NS(=O)(=O)N(C)C. The van der Waals surface area contributed by atoms with Gasteiger partial charge in [-0.1, -0.05) is 12.1 Å². The second-order valence-electron chi connectivity index (χ2n) is 4.43. The van der Waals surface area contributed by atoms with Gasteiger partial charge in [-0.2, -0.15) is 17.4 Å². The number of hydrogen-bond donors (Lipinski definition) is 2. The van der Waals surface area contributed by atoms with Crippen LogP contribution in [0.2, 0.25) is 0 Å². The Morgan fingerprint density at radius 2 is 1.90 bits per heavy atom. The van der Waals surface area contributed by atoms with Gasteiger partial charge in [-0.3, -0.25) is 4.79 Å². The monoisotopic (exact) mass is 301 g/mol. The van der Waals surface area contributed by atoms with E-state index in [2.05, 4.69) is 9.46 Å². The van der Waals surface area contributed by atoms with E-state index in [1.807, 2.05) is 0 Å². The number of rotatable bonds is 6. The smallest absolute Gasteiger partial charge is 0.324 e. The van der Waals surface area contributed by atoms with Crippen molar-refractivity contribution >= 4 is 21.9 Å². The summed E-state index contributed by atoms with van der Waals surface area (Å²) in [6.07, 6.45) is 0.181. The van der Waals surface area contributed by atoms with Crippen molar-refractivity contribution in [2.24, 2.45) is 0 Å². The Balaban J connectivity index is 2.91. The molecule has 8 heteroatoms. The van der Waals surface area contributed by atoms with E-state index in [4.69, 9.17) is 5.73 Å². The minimum Gasteiger partial charge on any atom is -0.468 e. The van der Waals surface area contributed by atoms with Crippen molar-refractivity contribution < 1.29 is 17.9 Å². The van der Waals surface area contributed by atoms with Gasteiger partial charge in [-0.05, 0) is 24.1 Å². The zero-order valence-electron chi connectivity index (χ0n) is 11.7. The summed E-state index contributed by atoms with van der Waals surface area (Å²) in [6.45, 7) is 0. The molecule has 1 aromatic rings. The van der Waals surface area contributed by atoms with Crippen molar-refractivity contribution in [2.45, 2.75) is 12.5 Å². The van der Waals surface area contributed by atoms with Crippen LogP contribution in [-0.4, -0.2) is 45.9 Å². The van der Waals surface area contributed by atoms with Gasteiger partial charge in [-0.15, -0.1) is 0 Å². The first kappa shape index (κ1) is 16.4. The van der Waals surface area contributed by atoms with Crippen LogP contribution in [0.15, 0.2) is 24.3 Å². The molecule has 0 unspecified atom stereocenters. The summed E-state index contributed by atoms with van der Waals surface area (Å²) in [5.74, 6) is -0.646. The van der Waals surface area contributed by atoms with Gasteiger partial charge >= 0.3 is 5.97 Å². The highest BCUT2D eigenvalue weighted by Crippen LogP contribution is 2.09. The molecule has 1 rings (SSSR count).